The van der Waals surface area contributed by atoms with Crippen LogP contribution in [-0.4, -0.2) is 16.5 Å². The molecule has 0 aliphatic rings. The summed E-state index contributed by atoms with van der Waals surface area (Å²) in [7, 11) is 0. The Balaban J connectivity index is 1.90. The maximum Gasteiger partial charge on any atom is 0.298 e. The van der Waals surface area contributed by atoms with Crippen molar-refractivity contribution in [3.05, 3.63) is 47.8 Å². The molecule has 21 heavy (non-hydrogen) atoms. The molecule has 2 aromatic heterocycles. The van der Waals surface area contributed by atoms with Crippen LogP contribution >= 0.6 is 0 Å². The Morgan fingerprint density at radius 3 is 2.81 bits per heavy atom. The van der Waals surface area contributed by atoms with Gasteiger partial charge in [0.25, 0.3) is 6.01 Å². The number of hydrogen-bond donors (Lipinski definition) is 1. The molecule has 3 aromatic rings. The highest BCUT2D eigenvalue weighted by molar-refractivity contribution is 5.78. The van der Waals surface area contributed by atoms with Crippen LogP contribution in [0, 0.1) is 6.92 Å². The smallest absolute Gasteiger partial charge is 0.298 e. The molecule has 0 saturated heterocycles. The summed E-state index contributed by atoms with van der Waals surface area (Å²) in [6.45, 7) is 5.51. The maximum atomic E-state index is 5.81. The number of benzene rings is 1. The van der Waals surface area contributed by atoms with E-state index in [0.29, 0.717) is 23.8 Å². The SMILES string of the molecule is CCN(Cc1cccc(C)n1)c1nc2ccc(N)cc2o1. The van der Waals surface area contributed by atoms with Crippen molar-refractivity contribution >= 4 is 22.8 Å². The van der Waals surface area contributed by atoms with Crippen molar-refractivity contribution in [3.63, 3.8) is 0 Å². The van der Waals surface area contributed by atoms with Crippen LogP contribution in [0.4, 0.5) is 11.7 Å². The Morgan fingerprint density at radius 1 is 1.19 bits per heavy atom. The van der Waals surface area contributed by atoms with Crippen molar-refractivity contribution in [2.75, 3.05) is 17.2 Å². The first-order valence-corrected chi connectivity index (χ1v) is 6.99. The molecule has 0 fully saturated rings. The molecule has 0 spiro atoms. The molecule has 1 aromatic carbocycles. The van der Waals surface area contributed by atoms with Gasteiger partial charge in [-0.15, -0.1) is 0 Å². The lowest BCUT2D eigenvalue weighted by Gasteiger charge is -2.17. The van der Waals surface area contributed by atoms with Crippen molar-refractivity contribution in [3.8, 4) is 0 Å². The van der Waals surface area contributed by atoms with E-state index in [9.17, 15) is 0 Å². The average Bonchev–Trinajstić information content (AvgIpc) is 2.87. The Bertz CT molecular complexity index is 766. The van der Waals surface area contributed by atoms with Crippen molar-refractivity contribution in [1.29, 1.82) is 0 Å². The molecule has 5 heteroatoms. The molecule has 5 nitrogen and oxygen atoms in total. The first kappa shape index (κ1) is 13.4. The fraction of sp³-hybridized carbons (Fsp3) is 0.250. The summed E-state index contributed by atoms with van der Waals surface area (Å²) in [6.07, 6.45) is 0. The van der Waals surface area contributed by atoms with Crippen LogP contribution in [0.5, 0.6) is 0 Å². The second-order valence-corrected chi connectivity index (χ2v) is 5.01. The van der Waals surface area contributed by atoms with Crippen LogP contribution in [0.3, 0.4) is 0 Å². The lowest BCUT2D eigenvalue weighted by molar-refractivity contribution is 0.567. The highest BCUT2D eigenvalue weighted by Crippen LogP contribution is 2.24. The lowest BCUT2D eigenvalue weighted by atomic mass is 10.3. The van der Waals surface area contributed by atoms with Gasteiger partial charge in [0.05, 0.1) is 12.2 Å². The van der Waals surface area contributed by atoms with Crippen LogP contribution in [0.15, 0.2) is 40.8 Å². The molecule has 2 heterocycles. The zero-order valence-corrected chi connectivity index (χ0v) is 12.2. The minimum Gasteiger partial charge on any atom is -0.423 e. The molecule has 3 rings (SSSR count). The van der Waals surface area contributed by atoms with E-state index < -0.39 is 0 Å². The van der Waals surface area contributed by atoms with Crippen molar-refractivity contribution in [2.45, 2.75) is 20.4 Å². The number of anilines is 2. The minimum atomic E-state index is 0.599. The number of rotatable bonds is 4. The molecule has 0 aliphatic carbocycles. The lowest BCUT2D eigenvalue weighted by Crippen LogP contribution is -2.23. The highest BCUT2D eigenvalue weighted by Gasteiger charge is 2.14. The summed E-state index contributed by atoms with van der Waals surface area (Å²) in [4.78, 5) is 11.1. The molecule has 0 amide bonds. The van der Waals surface area contributed by atoms with Crippen molar-refractivity contribution in [2.24, 2.45) is 0 Å². The summed E-state index contributed by atoms with van der Waals surface area (Å²) >= 11 is 0. The number of fused-ring (bicyclic) bond motifs is 1. The van der Waals surface area contributed by atoms with Gasteiger partial charge in [-0.1, -0.05) is 6.07 Å². The van der Waals surface area contributed by atoms with Gasteiger partial charge >= 0.3 is 0 Å². The average molecular weight is 282 g/mol. The van der Waals surface area contributed by atoms with E-state index in [1.807, 2.05) is 37.3 Å². The summed E-state index contributed by atoms with van der Waals surface area (Å²) in [5, 5.41) is 0. The molecule has 2 N–H and O–H groups in total. The highest BCUT2D eigenvalue weighted by atomic mass is 16.4. The third-order valence-corrected chi connectivity index (χ3v) is 3.35. The zero-order chi connectivity index (χ0) is 14.8. The number of oxazole rings is 1. The number of nitrogen functional groups attached to an aromatic ring is 1. The van der Waals surface area contributed by atoms with Gasteiger partial charge in [0.2, 0.25) is 0 Å². The van der Waals surface area contributed by atoms with Crippen LogP contribution in [0.25, 0.3) is 11.1 Å². The van der Waals surface area contributed by atoms with Gasteiger partial charge in [-0.2, -0.15) is 4.98 Å². The van der Waals surface area contributed by atoms with Gasteiger partial charge in [0.1, 0.15) is 5.52 Å². The van der Waals surface area contributed by atoms with Gasteiger partial charge in [-0.25, -0.2) is 0 Å². The van der Waals surface area contributed by atoms with Gasteiger partial charge in [-0.05, 0) is 38.1 Å². The number of nitrogens with zero attached hydrogens (tertiary/aromatic N) is 3. The Hall–Kier alpha value is -2.56. The molecule has 0 saturated carbocycles. The molecular formula is C16H18N4O. The molecule has 0 radical (unpaired) electrons. The summed E-state index contributed by atoms with van der Waals surface area (Å²) in [5.74, 6) is 0. The Labute approximate surface area is 123 Å². The van der Waals surface area contributed by atoms with Crippen molar-refractivity contribution < 1.29 is 4.42 Å². The molecule has 108 valence electrons. The van der Waals surface area contributed by atoms with Gasteiger partial charge in [0.15, 0.2) is 5.58 Å². The largest absolute Gasteiger partial charge is 0.423 e. The van der Waals surface area contributed by atoms with E-state index in [1.54, 1.807) is 6.07 Å². The third kappa shape index (κ3) is 2.81. The fourth-order valence-corrected chi connectivity index (χ4v) is 2.26. The predicted octanol–water partition coefficient (Wildman–Crippen LogP) is 3.14. The van der Waals surface area contributed by atoms with E-state index in [0.717, 1.165) is 23.4 Å². The van der Waals surface area contributed by atoms with Crippen LogP contribution in [-0.2, 0) is 6.54 Å². The fourth-order valence-electron chi connectivity index (χ4n) is 2.26. The normalized spacial score (nSPS) is 11.0. The third-order valence-electron chi connectivity index (χ3n) is 3.35. The molecule has 0 bridgehead atoms. The van der Waals surface area contributed by atoms with Gasteiger partial charge in [-0.3, -0.25) is 4.98 Å². The summed E-state index contributed by atoms with van der Waals surface area (Å²) in [5.41, 5.74) is 9.98. The number of aryl methyl sites for hydroxylation is 1. The molecule has 0 atom stereocenters. The first-order valence-electron chi connectivity index (χ1n) is 6.99. The van der Waals surface area contributed by atoms with Crippen molar-refractivity contribution in [1.82, 2.24) is 9.97 Å². The van der Waals surface area contributed by atoms with E-state index in [1.165, 1.54) is 0 Å². The topological polar surface area (TPSA) is 68.2 Å². The van der Waals surface area contributed by atoms with E-state index in [-0.39, 0.29) is 0 Å². The number of pyridine rings is 1. The standard InChI is InChI=1S/C16H18N4O/c1-3-20(10-13-6-4-5-11(2)18-13)16-19-14-8-7-12(17)9-15(14)21-16/h4-9H,3,10,17H2,1-2H3. The van der Waals surface area contributed by atoms with Crippen LogP contribution in [0.1, 0.15) is 18.3 Å². The maximum absolute atomic E-state index is 5.81. The second kappa shape index (κ2) is 5.44. The Kier molecular flexibility index (Phi) is 3.48. The number of hydrogen-bond acceptors (Lipinski definition) is 5. The minimum absolute atomic E-state index is 0.599. The van der Waals surface area contributed by atoms with Crippen LogP contribution in [0.2, 0.25) is 0 Å². The molecule has 0 aliphatic heterocycles. The Morgan fingerprint density at radius 2 is 2.05 bits per heavy atom. The van der Waals surface area contributed by atoms with E-state index in [4.69, 9.17) is 10.2 Å². The monoisotopic (exact) mass is 282 g/mol. The predicted molar refractivity (Wildman–Crippen MR) is 84.1 cm³/mol. The zero-order valence-electron chi connectivity index (χ0n) is 12.2. The molecular weight excluding hydrogens is 264 g/mol. The van der Waals surface area contributed by atoms with E-state index in [2.05, 4.69) is 21.8 Å². The van der Waals surface area contributed by atoms with Crippen LogP contribution < -0.4 is 10.6 Å². The summed E-state index contributed by atoms with van der Waals surface area (Å²) in [6, 6.07) is 12.1. The number of nitrogens with two attached hydrogens (primary N) is 1. The van der Waals surface area contributed by atoms with E-state index >= 15 is 0 Å². The first-order chi connectivity index (χ1) is 10.2. The van der Waals surface area contributed by atoms with Gasteiger partial charge in [0, 0.05) is 24.0 Å². The molecule has 0 unspecified atom stereocenters. The summed E-state index contributed by atoms with van der Waals surface area (Å²) < 4.78 is 5.81. The van der Waals surface area contributed by atoms with Gasteiger partial charge < -0.3 is 15.1 Å². The second-order valence-electron chi connectivity index (χ2n) is 5.01. The number of aromatic nitrogens is 2. The quantitative estimate of drug-likeness (QED) is 0.744.